The van der Waals surface area contributed by atoms with E-state index in [1.165, 1.54) is 66.3 Å². The van der Waals surface area contributed by atoms with Crippen LogP contribution in [0.15, 0.2) is 54.6 Å². The second kappa shape index (κ2) is 9.09. The van der Waals surface area contributed by atoms with Crippen molar-refractivity contribution in [3.05, 3.63) is 88.2 Å². The molecule has 1 aromatic heterocycles. The largest absolute Gasteiger partial charge is 0.368 e. The van der Waals surface area contributed by atoms with Crippen molar-refractivity contribution in [2.45, 2.75) is 13.0 Å². The maximum absolute atomic E-state index is 13.6. The number of carbonyl (C=O) groups excluding carboxylic acids is 2. The summed E-state index contributed by atoms with van der Waals surface area (Å²) >= 11 is 6.41. The van der Waals surface area contributed by atoms with Gasteiger partial charge in [0.1, 0.15) is 22.8 Å². The lowest BCUT2D eigenvalue weighted by molar-refractivity contribution is -0.134. The van der Waals surface area contributed by atoms with Crippen molar-refractivity contribution in [3.8, 4) is 5.69 Å². The fourth-order valence-electron chi connectivity index (χ4n) is 3.11. The molecular formula is C22H19ClF2N4O2. The van der Waals surface area contributed by atoms with Gasteiger partial charge in [-0.3, -0.25) is 9.59 Å². The van der Waals surface area contributed by atoms with Crippen LogP contribution in [0.1, 0.15) is 22.9 Å². The average Bonchev–Trinajstić information content (AvgIpc) is 3.00. The Kier molecular flexibility index (Phi) is 6.50. The molecule has 31 heavy (non-hydrogen) atoms. The van der Waals surface area contributed by atoms with Crippen LogP contribution in [0.5, 0.6) is 0 Å². The topological polar surface area (TPSA) is 81.2 Å². The lowest BCUT2D eigenvalue weighted by Gasteiger charge is -2.25. The minimum absolute atomic E-state index is 0.229. The van der Waals surface area contributed by atoms with E-state index in [4.69, 9.17) is 17.3 Å². The highest BCUT2D eigenvalue weighted by Crippen LogP contribution is 2.26. The standard InChI is InChI=1S/C22H19ClF2N4O2/c1-13-18(21(23)29(27-13)17-8-6-15(24)7-9-17)10-11-19(30)28(2)20(22(26)31)14-4-3-5-16(25)12-14/h3-12,20H,1-2H3,(H2,26,31)/b11-10+. The van der Waals surface area contributed by atoms with Gasteiger partial charge in [-0.1, -0.05) is 23.7 Å². The zero-order chi connectivity index (χ0) is 22.7. The normalized spacial score (nSPS) is 12.2. The molecule has 0 saturated heterocycles. The lowest BCUT2D eigenvalue weighted by Crippen LogP contribution is -2.38. The van der Waals surface area contributed by atoms with Crippen LogP contribution in [-0.2, 0) is 9.59 Å². The Morgan fingerprint density at radius 2 is 1.84 bits per heavy atom. The van der Waals surface area contributed by atoms with Crippen LogP contribution in [0, 0.1) is 18.6 Å². The first-order valence-corrected chi connectivity index (χ1v) is 9.57. The number of likely N-dealkylation sites (N-methyl/N-ethyl adjacent to an activating group) is 1. The Bertz CT molecular complexity index is 1160. The van der Waals surface area contributed by atoms with Crippen LogP contribution >= 0.6 is 11.6 Å². The van der Waals surface area contributed by atoms with Crippen molar-refractivity contribution in [2.24, 2.45) is 5.73 Å². The predicted octanol–water partition coefficient (Wildman–Crippen LogP) is 3.81. The number of hydrogen-bond acceptors (Lipinski definition) is 3. The molecule has 0 fully saturated rings. The zero-order valence-corrected chi connectivity index (χ0v) is 17.5. The molecule has 3 rings (SSSR count). The summed E-state index contributed by atoms with van der Waals surface area (Å²) in [5.41, 5.74) is 7.28. The molecular weight excluding hydrogens is 426 g/mol. The molecule has 1 heterocycles. The summed E-state index contributed by atoms with van der Waals surface area (Å²) in [6.45, 7) is 1.71. The number of aryl methyl sites for hydroxylation is 1. The van der Waals surface area contributed by atoms with Gasteiger partial charge in [0.05, 0.1) is 11.4 Å². The molecule has 9 heteroatoms. The number of benzene rings is 2. The molecule has 0 aliphatic carbocycles. The number of amides is 2. The summed E-state index contributed by atoms with van der Waals surface area (Å²) in [4.78, 5) is 25.7. The quantitative estimate of drug-likeness (QED) is 0.587. The minimum atomic E-state index is -1.15. The van der Waals surface area contributed by atoms with Crippen molar-refractivity contribution in [2.75, 3.05) is 7.05 Å². The van der Waals surface area contributed by atoms with Crippen molar-refractivity contribution in [1.29, 1.82) is 0 Å². The summed E-state index contributed by atoms with van der Waals surface area (Å²) in [6.07, 6.45) is 2.69. The summed E-state index contributed by atoms with van der Waals surface area (Å²) in [5, 5.41) is 4.55. The van der Waals surface area contributed by atoms with E-state index in [-0.39, 0.29) is 16.5 Å². The summed E-state index contributed by atoms with van der Waals surface area (Å²) in [7, 11) is 1.39. The van der Waals surface area contributed by atoms with E-state index in [1.807, 2.05) is 0 Å². The first-order chi connectivity index (χ1) is 14.7. The Hall–Kier alpha value is -3.52. The van der Waals surface area contributed by atoms with Gasteiger partial charge in [0.25, 0.3) is 0 Å². The van der Waals surface area contributed by atoms with E-state index in [1.54, 1.807) is 6.92 Å². The van der Waals surface area contributed by atoms with Gasteiger partial charge in [0, 0.05) is 18.7 Å². The van der Waals surface area contributed by atoms with Crippen LogP contribution < -0.4 is 5.73 Å². The van der Waals surface area contributed by atoms with Gasteiger partial charge in [-0.15, -0.1) is 0 Å². The number of nitrogens with zero attached hydrogens (tertiary/aromatic N) is 3. The highest BCUT2D eigenvalue weighted by molar-refractivity contribution is 6.31. The Labute approximate surface area is 182 Å². The van der Waals surface area contributed by atoms with E-state index in [9.17, 15) is 18.4 Å². The third-order valence-corrected chi connectivity index (χ3v) is 5.04. The van der Waals surface area contributed by atoms with Gasteiger partial charge in [-0.2, -0.15) is 5.10 Å². The first kappa shape index (κ1) is 22.2. The SMILES string of the molecule is Cc1nn(-c2ccc(F)cc2)c(Cl)c1/C=C/C(=O)N(C)C(C(N)=O)c1cccc(F)c1. The molecule has 1 atom stereocenters. The van der Waals surface area contributed by atoms with Crippen LogP contribution in [-0.4, -0.2) is 33.5 Å². The number of primary amides is 1. The Morgan fingerprint density at radius 1 is 1.16 bits per heavy atom. The molecule has 0 saturated carbocycles. The van der Waals surface area contributed by atoms with Crippen LogP contribution in [0.25, 0.3) is 11.8 Å². The molecule has 0 spiro atoms. The summed E-state index contributed by atoms with van der Waals surface area (Å²) in [6, 6.07) is 9.80. The van der Waals surface area contributed by atoms with Crippen molar-refractivity contribution < 1.29 is 18.4 Å². The summed E-state index contributed by atoms with van der Waals surface area (Å²) in [5.74, 6) is -2.28. The van der Waals surface area contributed by atoms with Gasteiger partial charge in [-0.05, 0) is 55.0 Å². The summed E-state index contributed by atoms with van der Waals surface area (Å²) < 4.78 is 28.2. The zero-order valence-electron chi connectivity index (χ0n) is 16.7. The fraction of sp³-hybridized carbons (Fsp3) is 0.136. The third kappa shape index (κ3) is 4.80. The molecule has 160 valence electrons. The second-order valence-electron chi connectivity index (χ2n) is 6.82. The van der Waals surface area contributed by atoms with Crippen LogP contribution in [0.3, 0.4) is 0 Å². The second-order valence-corrected chi connectivity index (χ2v) is 7.18. The van der Waals surface area contributed by atoms with Gasteiger partial charge in [-0.25, -0.2) is 13.5 Å². The highest BCUT2D eigenvalue weighted by atomic mass is 35.5. The smallest absolute Gasteiger partial charge is 0.247 e. The minimum Gasteiger partial charge on any atom is -0.368 e. The van der Waals surface area contributed by atoms with Crippen molar-refractivity contribution in [3.63, 3.8) is 0 Å². The van der Waals surface area contributed by atoms with Gasteiger partial charge >= 0.3 is 0 Å². The molecule has 1 unspecified atom stereocenters. The molecule has 2 amide bonds. The van der Waals surface area contributed by atoms with Crippen molar-refractivity contribution in [1.82, 2.24) is 14.7 Å². The third-order valence-electron chi connectivity index (χ3n) is 4.68. The Balaban J connectivity index is 1.86. The number of carbonyl (C=O) groups is 2. The van der Waals surface area contributed by atoms with Crippen LogP contribution in [0.4, 0.5) is 8.78 Å². The van der Waals surface area contributed by atoms with Gasteiger partial charge in [0.2, 0.25) is 11.8 Å². The van der Waals surface area contributed by atoms with Crippen molar-refractivity contribution >= 4 is 29.5 Å². The number of nitrogens with two attached hydrogens (primary N) is 1. The molecule has 3 aromatic rings. The molecule has 0 aliphatic heterocycles. The molecule has 0 radical (unpaired) electrons. The first-order valence-electron chi connectivity index (χ1n) is 9.19. The molecule has 0 bridgehead atoms. The van der Waals surface area contributed by atoms with E-state index in [0.29, 0.717) is 16.9 Å². The maximum Gasteiger partial charge on any atom is 0.247 e. The number of hydrogen-bond donors (Lipinski definition) is 1. The van der Waals surface area contributed by atoms with Gasteiger partial charge < -0.3 is 10.6 Å². The Morgan fingerprint density at radius 3 is 2.45 bits per heavy atom. The fourth-order valence-corrected chi connectivity index (χ4v) is 3.44. The molecule has 2 aromatic carbocycles. The molecule has 0 aliphatic rings. The van der Waals surface area contributed by atoms with E-state index < -0.39 is 23.7 Å². The van der Waals surface area contributed by atoms with E-state index in [0.717, 1.165) is 11.0 Å². The van der Waals surface area contributed by atoms with E-state index >= 15 is 0 Å². The molecule has 6 nitrogen and oxygen atoms in total. The number of aromatic nitrogens is 2. The highest BCUT2D eigenvalue weighted by Gasteiger charge is 2.26. The maximum atomic E-state index is 13.6. The number of halogens is 3. The van der Waals surface area contributed by atoms with E-state index in [2.05, 4.69) is 5.10 Å². The predicted molar refractivity (Wildman–Crippen MR) is 113 cm³/mol. The monoisotopic (exact) mass is 444 g/mol. The molecule has 2 N–H and O–H groups in total. The number of rotatable bonds is 6. The van der Waals surface area contributed by atoms with Gasteiger partial charge in [0.15, 0.2) is 0 Å². The lowest BCUT2D eigenvalue weighted by atomic mass is 10.0. The van der Waals surface area contributed by atoms with Crippen LogP contribution in [0.2, 0.25) is 5.15 Å². The average molecular weight is 445 g/mol.